The maximum atomic E-state index is 10.7. The summed E-state index contributed by atoms with van der Waals surface area (Å²) in [7, 11) is 0. The molecule has 2 rings (SSSR count). The number of carbonyl (C=O) groups is 1. The fourth-order valence-electron chi connectivity index (χ4n) is 1.72. The van der Waals surface area contributed by atoms with Crippen LogP contribution in [0, 0.1) is 6.92 Å². The molecule has 1 aromatic carbocycles. The lowest BCUT2D eigenvalue weighted by Gasteiger charge is -2.08. The Morgan fingerprint density at radius 1 is 1.56 bits per heavy atom. The maximum Gasteiger partial charge on any atom is 0.320 e. The highest BCUT2D eigenvalue weighted by Crippen LogP contribution is 2.12. The van der Waals surface area contributed by atoms with Crippen molar-refractivity contribution in [1.29, 1.82) is 0 Å². The van der Waals surface area contributed by atoms with E-state index < -0.39 is 12.0 Å². The number of nitrogens with zero attached hydrogens (tertiary/aromatic N) is 2. The second-order valence-electron chi connectivity index (χ2n) is 4.28. The standard InChI is InChI=1S/C13H15N3O2/c1-9-7-15-16(8-9)11-4-2-3-10(5-11)6-12(14)13(17)18/h2-5,7-8,12H,6,14H2,1H3,(H,17,18). The van der Waals surface area contributed by atoms with Gasteiger partial charge in [0.1, 0.15) is 6.04 Å². The number of aromatic nitrogens is 2. The fourth-order valence-corrected chi connectivity index (χ4v) is 1.72. The van der Waals surface area contributed by atoms with E-state index in [-0.39, 0.29) is 0 Å². The highest BCUT2D eigenvalue weighted by molar-refractivity contribution is 5.73. The van der Waals surface area contributed by atoms with Crippen molar-refractivity contribution in [2.45, 2.75) is 19.4 Å². The summed E-state index contributed by atoms with van der Waals surface area (Å²) in [4.78, 5) is 10.7. The minimum absolute atomic E-state index is 0.309. The minimum Gasteiger partial charge on any atom is -0.480 e. The van der Waals surface area contributed by atoms with Crippen molar-refractivity contribution >= 4 is 5.97 Å². The quantitative estimate of drug-likeness (QED) is 0.846. The lowest BCUT2D eigenvalue weighted by Crippen LogP contribution is -2.32. The molecule has 0 spiro atoms. The van der Waals surface area contributed by atoms with Crippen LogP contribution in [-0.4, -0.2) is 26.9 Å². The van der Waals surface area contributed by atoms with Crippen LogP contribution in [0.4, 0.5) is 0 Å². The van der Waals surface area contributed by atoms with Gasteiger partial charge in [0.2, 0.25) is 0 Å². The van der Waals surface area contributed by atoms with Gasteiger partial charge in [-0.15, -0.1) is 0 Å². The van der Waals surface area contributed by atoms with Crippen molar-refractivity contribution in [2.75, 3.05) is 0 Å². The summed E-state index contributed by atoms with van der Waals surface area (Å²) in [5, 5.41) is 13.0. The Morgan fingerprint density at radius 3 is 2.94 bits per heavy atom. The molecule has 1 aromatic heterocycles. The van der Waals surface area contributed by atoms with E-state index in [2.05, 4.69) is 5.10 Å². The summed E-state index contributed by atoms with van der Waals surface area (Å²) in [6, 6.07) is 6.68. The Kier molecular flexibility index (Phi) is 3.43. The van der Waals surface area contributed by atoms with Crippen molar-refractivity contribution in [1.82, 2.24) is 9.78 Å². The zero-order valence-electron chi connectivity index (χ0n) is 10.1. The lowest BCUT2D eigenvalue weighted by atomic mass is 10.1. The van der Waals surface area contributed by atoms with E-state index in [0.29, 0.717) is 6.42 Å². The Bertz CT molecular complexity index is 563. The third-order valence-electron chi connectivity index (χ3n) is 2.66. The highest BCUT2D eigenvalue weighted by Gasteiger charge is 2.12. The fraction of sp³-hybridized carbons (Fsp3) is 0.231. The zero-order valence-corrected chi connectivity index (χ0v) is 10.1. The topological polar surface area (TPSA) is 81.1 Å². The molecule has 0 fully saturated rings. The summed E-state index contributed by atoms with van der Waals surface area (Å²) in [6.45, 7) is 1.97. The number of hydrogen-bond donors (Lipinski definition) is 2. The van der Waals surface area contributed by atoms with Crippen molar-refractivity contribution in [3.63, 3.8) is 0 Å². The number of aryl methyl sites for hydroxylation is 1. The molecule has 94 valence electrons. The largest absolute Gasteiger partial charge is 0.480 e. The van der Waals surface area contributed by atoms with Gasteiger partial charge >= 0.3 is 5.97 Å². The molecular formula is C13H15N3O2. The highest BCUT2D eigenvalue weighted by atomic mass is 16.4. The summed E-state index contributed by atoms with van der Waals surface area (Å²) in [5.41, 5.74) is 8.38. The van der Waals surface area contributed by atoms with E-state index in [9.17, 15) is 4.79 Å². The molecular weight excluding hydrogens is 230 g/mol. The molecule has 0 saturated heterocycles. The molecule has 0 aliphatic rings. The first kappa shape index (κ1) is 12.3. The van der Waals surface area contributed by atoms with Gasteiger partial charge in [-0.2, -0.15) is 5.10 Å². The van der Waals surface area contributed by atoms with Crippen LogP contribution in [0.5, 0.6) is 0 Å². The monoisotopic (exact) mass is 245 g/mol. The van der Waals surface area contributed by atoms with E-state index >= 15 is 0 Å². The Morgan fingerprint density at radius 2 is 2.33 bits per heavy atom. The van der Waals surface area contributed by atoms with Gasteiger partial charge in [0.15, 0.2) is 0 Å². The molecule has 1 atom stereocenters. The predicted octanol–water partition coefficient (Wildman–Crippen LogP) is 1.14. The van der Waals surface area contributed by atoms with Gasteiger partial charge in [0, 0.05) is 6.20 Å². The number of nitrogens with two attached hydrogens (primary N) is 1. The summed E-state index contributed by atoms with van der Waals surface area (Å²) in [5.74, 6) is -0.990. The predicted molar refractivity (Wildman–Crippen MR) is 67.6 cm³/mol. The number of benzene rings is 1. The van der Waals surface area contributed by atoms with Crippen molar-refractivity contribution in [3.05, 3.63) is 47.8 Å². The summed E-state index contributed by atoms with van der Waals surface area (Å²) in [6.07, 6.45) is 4.00. The molecule has 1 heterocycles. The Hall–Kier alpha value is -2.14. The number of carboxylic acids is 1. The van der Waals surface area contributed by atoms with E-state index in [0.717, 1.165) is 16.8 Å². The molecule has 5 nitrogen and oxygen atoms in total. The van der Waals surface area contributed by atoms with E-state index in [1.165, 1.54) is 0 Å². The Labute approximate surface area is 105 Å². The lowest BCUT2D eigenvalue weighted by molar-refractivity contribution is -0.138. The van der Waals surface area contributed by atoms with E-state index in [4.69, 9.17) is 10.8 Å². The zero-order chi connectivity index (χ0) is 13.1. The van der Waals surface area contributed by atoms with Crippen LogP contribution in [0.3, 0.4) is 0 Å². The molecule has 2 aromatic rings. The average Bonchev–Trinajstić information content (AvgIpc) is 2.76. The first-order valence-electron chi connectivity index (χ1n) is 5.65. The molecule has 3 N–H and O–H groups in total. The molecule has 0 saturated carbocycles. The van der Waals surface area contributed by atoms with Crippen LogP contribution in [0.15, 0.2) is 36.7 Å². The molecule has 0 bridgehead atoms. The minimum atomic E-state index is -0.990. The molecule has 18 heavy (non-hydrogen) atoms. The molecule has 5 heteroatoms. The van der Waals surface area contributed by atoms with Gasteiger partial charge in [-0.3, -0.25) is 4.79 Å². The van der Waals surface area contributed by atoms with Crippen LogP contribution >= 0.6 is 0 Å². The van der Waals surface area contributed by atoms with Crippen LogP contribution in [-0.2, 0) is 11.2 Å². The SMILES string of the molecule is Cc1cnn(-c2cccc(CC(N)C(=O)O)c2)c1. The van der Waals surface area contributed by atoms with Crippen LogP contribution in [0.25, 0.3) is 5.69 Å². The molecule has 0 radical (unpaired) electrons. The van der Waals surface area contributed by atoms with Gasteiger partial charge in [-0.05, 0) is 36.6 Å². The average molecular weight is 245 g/mol. The number of hydrogen-bond acceptors (Lipinski definition) is 3. The third kappa shape index (κ3) is 2.75. The van der Waals surface area contributed by atoms with Gasteiger partial charge in [-0.1, -0.05) is 12.1 Å². The molecule has 1 unspecified atom stereocenters. The number of rotatable bonds is 4. The van der Waals surface area contributed by atoms with E-state index in [1.54, 1.807) is 10.9 Å². The summed E-state index contributed by atoms with van der Waals surface area (Å²) < 4.78 is 1.76. The molecule has 0 amide bonds. The Balaban J connectivity index is 2.22. The number of aliphatic carboxylic acids is 1. The smallest absolute Gasteiger partial charge is 0.320 e. The first-order chi connectivity index (χ1) is 8.56. The normalized spacial score (nSPS) is 12.3. The maximum absolute atomic E-state index is 10.7. The van der Waals surface area contributed by atoms with Crippen molar-refractivity contribution in [3.8, 4) is 5.69 Å². The van der Waals surface area contributed by atoms with Gasteiger partial charge in [0.05, 0.1) is 11.9 Å². The van der Waals surface area contributed by atoms with Crippen molar-refractivity contribution < 1.29 is 9.90 Å². The first-order valence-corrected chi connectivity index (χ1v) is 5.65. The number of carboxylic acid groups (broad SMARTS) is 1. The van der Waals surface area contributed by atoms with Crippen LogP contribution in [0.2, 0.25) is 0 Å². The summed E-state index contributed by atoms with van der Waals surface area (Å²) >= 11 is 0. The molecule has 0 aliphatic heterocycles. The second-order valence-corrected chi connectivity index (χ2v) is 4.28. The van der Waals surface area contributed by atoms with Gasteiger partial charge in [0.25, 0.3) is 0 Å². The van der Waals surface area contributed by atoms with E-state index in [1.807, 2.05) is 37.4 Å². The van der Waals surface area contributed by atoms with Crippen LogP contribution in [0.1, 0.15) is 11.1 Å². The van der Waals surface area contributed by atoms with Gasteiger partial charge in [-0.25, -0.2) is 4.68 Å². The third-order valence-corrected chi connectivity index (χ3v) is 2.66. The van der Waals surface area contributed by atoms with Crippen LogP contribution < -0.4 is 5.73 Å². The van der Waals surface area contributed by atoms with Gasteiger partial charge < -0.3 is 10.8 Å². The second kappa shape index (κ2) is 5.01. The van der Waals surface area contributed by atoms with Crippen molar-refractivity contribution in [2.24, 2.45) is 5.73 Å². The molecule has 0 aliphatic carbocycles.